The van der Waals surface area contributed by atoms with Crippen molar-refractivity contribution in [2.45, 2.75) is 53.4 Å². The number of halogens is 1. The normalized spacial score (nSPS) is 14.5. The van der Waals surface area contributed by atoms with Crippen LogP contribution in [0.3, 0.4) is 0 Å². The fourth-order valence-electron chi connectivity index (χ4n) is 2.52. The predicted molar refractivity (Wildman–Crippen MR) is 93.6 cm³/mol. The minimum atomic E-state index is -1.88. The Balaban J connectivity index is 2.39. The van der Waals surface area contributed by atoms with E-state index in [1.54, 1.807) is 0 Å². The monoisotopic (exact) mass is 352 g/mol. The van der Waals surface area contributed by atoms with E-state index in [1.165, 1.54) is 18.8 Å². The van der Waals surface area contributed by atoms with E-state index in [1.807, 2.05) is 12.1 Å². The van der Waals surface area contributed by atoms with Gasteiger partial charge in [0, 0.05) is 0 Å². The zero-order valence-electron chi connectivity index (χ0n) is 14.4. The fourth-order valence-corrected chi connectivity index (χ4v) is 5.92. The molecule has 2 rings (SSSR count). The third-order valence-electron chi connectivity index (χ3n) is 3.85. The Labute approximate surface area is 145 Å². The Bertz CT molecular complexity index is 671. The van der Waals surface area contributed by atoms with Crippen molar-refractivity contribution >= 4 is 15.4 Å². The first kappa shape index (κ1) is 17.7. The third kappa shape index (κ3) is 4.22. The molecular weight excluding hydrogens is 328 g/mol. The SMILES string of the molecule is CC1=[C]([Ti]([O]c2cc(Cl)cc(C(C)(C)C)c2)=[C](C)C)CC=C1. The molecule has 1 nitrogen and oxygen atoms in total. The van der Waals surface area contributed by atoms with Crippen LogP contribution in [0, 0.1) is 0 Å². The summed E-state index contributed by atoms with van der Waals surface area (Å²) in [4.78, 5) is 0. The Morgan fingerprint density at radius 2 is 1.86 bits per heavy atom. The number of allylic oxidation sites excluding steroid dienone is 4. The van der Waals surface area contributed by atoms with Gasteiger partial charge in [0.25, 0.3) is 0 Å². The van der Waals surface area contributed by atoms with Crippen LogP contribution in [-0.4, -0.2) is 3.81 Å². The summed E-state index contributed by atoms with van der Waals surface area (Å²) >= 11 is 4.43. The van der Waals surface area contributed by atoms with Crippen LogP contribution in [0.5, 0.6) is 5.75 Å². The summed E-state index contributed by atoms with van der Waals surface area (Å²) in [7, 11) is 0. The van der Waals surface area contributed by atoms with Crippen molar-refractivity contribution in [3.8, 4) is 5.75 Å². The van der Waals surface area contributed by atoms with Crippen molar-refractivity contribution in [2.75, 3.05) is 0 Å². The van der Waals surface area contributed by atoms with E-state index in [2.05, 4.69) is 59.8 Å². The molecule has 1 aromatic rings. The molecule has 1 aromatic carbocycles. The van der Waals surface area contributed by atoms with Gasteiger partial charge in [0.05, 0.1) is 0 Å². The zero-order chi connectivity index (χ0) is 16.5. The average Bonchev–Trinajstić information content (AvgIpc) is 2.80. The van der Waals surface area contributed by atoms with Crippen LogP contribution >= 0.6 is 11.6 Å². The molecular formula is C19H25ClOTi. The molecule has 0 bridgehead atoms. The van der Waals surface area contributed by atoms with Gasteiger partial charge >= 0.3 is 146 Å². The van der Waals surface area contributed by atoms with Gasteiger partial charge in [-0.3, -0.25) is 0 Å². The molecule has 0 N–H and O–H groups in total. The molecule has 0 spiro atoms. The molecule has 0 atom stereocenters. The molecule has 0 radical (unpaired) electrons. The van der Waals surface area contributed by atoms with Crippen molar-refractivity contribution in [3.05, 3.63) is 50.4 Å². The van der Waals surface area contributed by atoms with E-state index in [-0.39, 0.29) is 5.41 Å². The van der Waals surface area contributed by atoms with Crippen molar-refractivity contribution < 1.29 is 21.1 Å². The number of hydrogen-bond acceptors (Lipinski definition) is 1. The number of benzene rings is 1. The van der Waals surface area contributed by atoms with Crippen LogP contribution in [0.4, 0.5) is 0 Å². The molecule has 22 heavy (non-hydrogen) atoms. The Hall–Kier alpha value is -0.626. The first-order valence-corrected chi connectivity index (χ1v) is 10.3. The maximum atomic E-state index is 6.49. The molecule has 3 heteroatoms. The van der Waals surface area contributed by atoms with Crippen molar-refractivity contribution in [3.63, 3.8) is 0 Å². The minimum absolute atomic E-state index is 0.0677. The van der Waals surface area contributed by atoms with E-state index >= 15 is 0 Å². The third-order valence-corrected chi connectivity index (χ3v) is 7.97. The van der Waals surface area contributed by atoms with Crippen molar-refractivity contribution in [1.82, 2.24) is 0 Å². The average molecular weight is 353 g/mol. The summed E-state index contributed by atoms with van der Waals surface area (Å²) in [5, 5.41) is 0.754. The summed E-state index contributed by atoms with van der Waals surface area (Å²) in [6.07, 6.45) is 5.49. The van der Waals surface area contributed by atoms with Gasteiger partial charge < -0.3 is 0 Å². The maximum absolute atomic E-state index is 6.49. The van der Waals surface area contributed by atoms with Gasteiger partial charge in [0.15, 0.2) is 0 Å². The van der Waals surface area contributed by atoms with Crippen molar-refractivity contribution in [2.24, 2.45) is 0 Å². The molecule has 0 heterocycles. The molecule has 0 amide bonds. The van der Waals surface area contributed by atoms with Crippen LogP contribution in [0.2, 0.25) is 5.02 Å². The summed E-state index contributed by atoms with van der Waals surface area (Å²) in [6.45, 7) is 13.2. The Morgan fingerprint density at radius 1 is 1.18 bits per heavy atom. The summed E-state index contributed by atoms with van der Waals surface area (Å²) in [5.74, 6) is 0.917. The fraction of sp³-hybridized carbons (Fsp3) is 0.421. The van der Waals surface area contributed by atoms with Crippen LogP contribution in [0.1, 0.15) is 53.5 Å². The number of rotatable bonds is 3. The van der Waals surface area contributed by atoms with Gasteiger partial charge in [-0.15, -0.1) is 0 Å². The summed E-state index contributed by atoms with van der Waals surface area (Å²) in [6, 6.07) is 6.14. The van der Waals surface area contributed by atoms with Crippen LogP contribution in [0.25, 0.3) is 0 Å². The Kier molecular flexibility index (Phi) is 5.53. The van der Waals surface area contributed by atoms with Gasteiger partial charge in [-0.1, -0.05) is 0 Å². The zero-order valence-corrected chi connectivity index (χ0v) is 16.7. The van der Waals surface area contributed by atoms with E-state index in [0.29, 0.717) is 0 Å². The van der Waals surface area contributed by atoms with E-state index in [9.17, 15) is 0 Å². The summed E-state index contributed by atoms with van der Waals surface area (Å²) in [5.41, 5.74) is 2.67. The van der Waals surface area contributed by atoms with E-state index in [0.717, 1.165) is 17.2 Å². The molecule has 1 aliphatic rings. The first-order chi connectivity index (χ1) is 10.2. The molecule has 118 valence electrons. The van der Waals surface area contributed by atoms with Gasteiger partial charge in [-0.05, 0) is 0 Å². The standard InChI is InChI=1S/C10H13ClO.C6H7.C3H6.Ti/c1-10(2,3)7-4-8(11)6-9(12)5-7;1-6-4-2-3-5-6;1-3-2;/h4-6,12H,1-3H3;2,4H,3H2,1H3;1-2H3;/q;;;+1/p-1. The van der Waals surface area contributed by atoms with E-state index < -0.39 is 17.8 Å². The Morgan fingerprint density at radius 3 is 2.36 bits per heavy atom. The quantitative estimate of drug-likeness (QED) is 0.607. The second kappa shape index (κ2) is 6.87. The molecule has 0 fully saturated rings. The van der Waals surface area contributed by atoms with Crippen molar-refractivity contribution in [1.29, 1.82) is 0 Å². The second-order valence-corrected chi connectivity index (χ2v) is 11.4. The molecule has 0 aromatic heterocycles. The van der Waals surface area contributed by atoms with Gasteiger partial charge in [-0.2, -0.15) is 0 Å². The van der Waals surface area contributed by atoms with Gasteiger partial charge in [-0.25, -0.2) is 0 Å². The number of hydrogen-bond donors (Lipinski definition) is 0. The van der Waals surface area contributed by atoms with Crippen LogP contribution in [0.15, 0.2) is 39.8 Å². The van der Waals surface area contributed by atoms with Crippen LogP contribution < -0.4 is 3.32 Å². The summed E-state index contributed by atoms with van der Waals surface area (Å²) < 4.78 is 9.43. The predicted octanol–water partition coefficient (Wildman–Crippen LogP) is 6.00. The van der Waals surface area contributed by atoms with Gasteiger partial charge in [0.1, 0.15) is 0 Å². The topological polar surface area (TPSA) is 9.23 Å². The second-order valence-electron chi connectivity index (χ2n) is 7.12. The van der Waals surface area contributed by atoms with E-state index in [4.69, 9.17) is 14.9 Å². The van der Waals surface area contributed by atoms with Gasteiger partial charge in [0.2, 0.25) is 0 Å². The first-order valence-electron chi connectivity index (χ1n) is 7.71. The molecule has 1 aliphatic carbocycles. The molecule has 0 saturated carbocycles. The molecule has 0 saturated heterocycles. The van der Waals surface area contributed by atoms with Crippen LogP contribution in [-0.2, 0) is 23.2 Å². The molecule has 0 unspecified atom stereocenters. The molecule has 0 aliphatic heterocycles.